The maximum atomic E-state index is 2.46. The fraction of sp³-hybridized carbons (Fsp3) is 0.0526. The summed E-state index contributed by atoms with van der Waals surface area (Å²) < 4.78 is 0. The van der Waals surface area contributed by atoms with Crippen molar-refractivity contribution in [1.29, 1.82) is 0 Å². The molecule has 0 saturated carbocycles. The van der Waals surface area contributed by atoms with Crippen LogP contribution in [0.1, 0.15) is 23.6 Å². The van der Waals surface area contributed by atoms with Gasteiger partial charge in [-0.3, -0.25) is 0 Å². The zero-order chi connectivity index (χ0) is 26.0. The van der Waals surface area contributed by atoms with E-state index in [-0.39, 0.29) is 5.41 Å². The average Bonchev–Trinajstić information content (AvgIpc) is 3.28. The molecule has 0 fully saturated rings. The van der Waals surface area contributed by atoms with E-state index >= 15 is 0 Å². The molecule has 8 rings (SSSR count). The monoisotopic (exact) mass is 497 g/mol. The van der Waals surface area contributed by atoms with Gasteiger partial charge in [0.1, 0.15) is 0 Å². The minimum atomic E-state index is -0.233. The first-order valence-electron chi connectivity index (χ1n) is 13.6. The van der Waals surface area contributed by atoms with Crippen LogP contribution in [-0.2, 0) is 5.41 Å². The Morgan fingerprint density at radius 1 is 0.436 bits per heavy atom. The molecule has 1 aliphatic carbocycles. The molecule has 1 aliphatic heterocycles. The number of anilines is 3. The summed E-state index contributed by atoms with van der Waals surface area (Å²) in [6, 6.07) is 53.1. The highest BCUT2D eigenvalue weighted by Crippen LogP contribution is 2.62. The molecular weight excluding hydrogens is 470 g/mol. The summed E-state index contributed by atoms with van der Waals surface area (Å²) in [4.78, 5) is 2.46. The van der Waals surface area contributed by atoms with Crippen LogP contribution in [0.15, 0.2) is 146 Å². The average molecular weight is 498 g/mol. The Morgan fingerprint density at radius 3 is 1.77 bits per heavy atom. The third kappa shape index (κ3) is 3.14. The summed E-state index contributed by atoms with van der Waals surface area (Å²) in [6.45, 7) is 2.42. The van der Waals surface area contributed by atoms with Gasteiger partial charge in [-0.25, -0.2) is 0 Å². The van der Waals surface area contributed by atoms with Crippen molar-refractivity contribution < 1.29 is 0 Å². The van der Waals surface area contributed by atoms with Crippen LogP contribution in [0.5, 0.6) is 0 Å². The molecule has 39 heavy (non-hydrogen) atoms. The molecule has 1 nitrogen and oxygen atoms in total. The summed E-state index contributed by atoms with van der Waals surface area (Å²) in [5.41, 5.74) is 15.2. The van der Waals surface area contributed by atoms with Crippen LogP contribution in [0.2, 0.25) is 0 Å². The minimum Gasteiger partial charge on any atom is -0.310 e. The number of rotatable bonds is 3. The standard InChI is InChI=1S/C38H27N/c1-38-33-17-9-8-15-31(33)32-16-10-18-36(37(32)38)39(30-22-19-28(20-23-30)26-11-4-2-5-12-26)35-24-21-29(25-34(35)38)27-13-6-3-7-14-27/h2-25H,1H3. The first kappa shape index (κ1) is 22.1. The molecule has 0 spiro atoms. The smallest absolute Gasteiger partial charge is 0.0512 e. The van der Waals surface area contributed by atoms with E-state index in [1.807, 2.05) is 0 Å². The van der Waals surface area contributed by atoms with Crippen molar-refractivity contribution >= 4 is 17.1 Å². The van der Waals surface area contributed by atoms with Crippen LogP contribution in [0, 0.1) is 0 Å². The Balaban J connectivity index is 1.38. The first-order chi connectivity index (χ1) is 19.2. The lowest BCUT2D eigenvalue weighted by Crippen LogP contribution is -2.32. The molecule has 2 aliphatic rings. The summed E-state index contributed by atoms with van der Waals surface area (Å²) >= 11 is 0. The van der Waals surface area contributed by atoms with Gasteiger partial charge in [0.05, 0.1) is 11.4 Å². The Hall–Kier alpha value is -4.88. The van der Waals surface area contributed by atoms with E-state index in [0.29, 0.717) is 0 Å². The molecule has 0 amide bonds. The van der Waals surface area contributed by atoms with Gasteiger partial charge in [-0.05, 0) is 87.3 Å². The quantitative estimate of drug-likeness (QED) is 0.235. The number of hydrogen-bond donors (Lipinski definition) is 0. The molecular formula is C38H27N. The molecule has 6 aromatic rings. The predicted molar refractivity (Wildman–Crippen MR) is 163 cm³/mol. The molecule has 0 radical (unpaired) electrons. The zero-order valence-corrected chi connectivity index (χ0v) is 21.8. The van der Waals surface area contributed by atoms with Gasteiger partial charge < -0.3 is 4.90 Å². The van der Waals surface area contributed by atoms with Crippen molar-refractivity contribution in [3.05, 3.63) is 162 Å². The number of hydrogen-bond acceptors (Lipinski definition) is 1. The fourth-order valence-corrected chi connectivity index (χ4v) is 6.83. The van der Waals surface area contributed by atoms with E-state index < -0.39 is 0 Å². The molecule has 1 atom stereocenters. The number of fused-ring (bicyclic) bond motifs is 5. The maximum Gasteiger partial charge on any atom is 0.0512 e. The van der Waals surface area contributed by atoms with Crippen molar-refractivity contribution in [2.24, 2.45) is 0 Å². The minimum absolute atomic E-state index is 0.233. The van der Waals surface area contributed by atoms with Gasteiger partial charge in [0.15, 0.2) is 0 Å². The van der Waals surface area contributed by atoms with E-state index in [0.717, 1.165) is 0 Å². The molecule has 1 unspecified atom stereocenters. The van der Waals surface area contributed by atoms with Crippen molar-refractivity contribution in [3.8, 4) is 33.4 Å². The van der Waals surface area contributed by atoms with Crippen LogP contribution < -0.4 is 4.90 Å². The lowest BCUT2D eigenvalue weighted by atomic mass is 9.70. The lowest BCUT2D eigenvalue weighted by molar-refractivity contribution is 0.702. The lowest BCUT2D eigenvalue weighted by Gasteiger charge is -2.42. The van der Waals surface area contributed by atoms with Crippen LogP contribution in [0.3, 0.4) is 0 Å². The molecule has 0 saturated heterocycles. The van der Waals surface area contributed by atoms with Gasteiger partial charge in [0.25, 0.3) is 0 Å². The Labute approximate surface area is 229 Å². The first-order valence-corrected chi connectivity index (χ1v) is 13.6. The normalized spacial score (nSPS) is 16.4. The van der Waals surface area contributed by atoms with E-state index in [1.165, 1.54) is 67.1 Å². The van der Waals surface area contributed by atoms with Crippen LogP contribution in [-0.4, -0.2) is 0 Å². The molecule has 6 aromatic carbocycles. The van der Waals surface area contributed by atoms with E-state index in [9.17, 15) is 0 Å². The van der Waals surface area contributed by atoms with Gasteiger partial charge in [-0.15, -0.1) is 0 Å². The SMILES string of the molecule is CC12c3ccccc3-c3cccc(c31)N(c1ccc(-c3ccccc3)cc1)c1ccc(-c3ccccc3)cc12. The largest absolute Gasteiger partial charge is 0.310 e. The Kier molecular flexibility index (Phi) is 4.72. The predicted octanol–water partition coefficient (Wildman–Crippen LogP) is 10.1. The fourth-order valence-electron chi connectivity index (χ4n) is 6.83. The second-order valence-electron chi connectivity index (χ2n) is 10.7. The molecule has 1 heteroatoms. The summed E-state index contributed by atoms with van der Waals surface area (Å²) in [7, 11) is 0. The second-order valence-corrected chi connectivity index (χ2v) is 10.7. The van der Waals surface area contributed by atoms with Gasteiger partial charge >= 0.3 is 0 Å². The van der Waals surface area contributed by atoms with Crippen LogP contribution >= 0.6 is 0 Å². The van der Waals surface area contributed by atoms with Gasteiger partial charge in [0.2, 0.25) is 0 Å². The van der Waals surface area contributed by atoms with E-state index in [1.54, 1.807) is 0 Å². The molecule has 0 bridgehead atoms. The molecule has 1 heterocycles. The van der Waals surface area contributed by atoms with Crippen molar-refractivity contribution in [2.75, 3.05) is 4.90 Å². The van der Waals surface area contributed by atoms with E-state index in [2.05, 4.69) is 157 Å². The topological polar surface area (TPSA) is 3.24 Å². The van der Waals surface area contributed by atoms with Gasteiger partial charge in [-0.1, -0.05) is 115 Å². The Morgan fingerprint density at radius 2 is 1.03 bits per heavy atom. The summed E-state index contributed by atoms with van der Waals surface area (Å²) in [5, 5.41) is 0. The van der Waals surface area contributed by atoms with Gasteiger partial charge in [0, 0.05) is 11.1 Å². The highest BCUT2D eigenvalue weighted by Gasteiger charge is 2.48. The third-order valence-electron chi connectivity index (χ3n) is 8.66. The van der Waals surface area contributed by atoms with Gasteiger partial charge in [-0.2, -0.15) is 0 Å². The highest BCUT2D eigenvalue weighted by molar-refractivity contribution is 5.97. The van der Waals surface area contributed by atoms with E-state index in [4.69, 9.17) is 0 Å². The third-order valence-corrected chi connectivity index (χ3v) is 8.66. The second kappa shape index (κ2) is 8.31. The van der Waals surface area contributed by atoms with Crippen molar-refractivity contribution in [1.82, 2.24) is 0 Å². The summed E-state index contributed by atoms with van der Waals surface area (Å²) in [5.74, 6) is 0. The highest BCUT2D eigenvalue weighted by atomic mass is 15.2. The molecule has 0 aromatic heterocycles. The molecule has 184 valence electrons. The molecule has 0 N–H and O–H groups in total. The Bertz CT molecular complexity index is 1850. The van der Waals surface area contributed by atoms with Crippen LogP contribution in [0.4, 0.5) is 17.1 Å². The van der Waals surface area contributed by atoms with Crippen molar-refractivity contribution in [3.63, 3.8) is 0 Å². The summed E-state index contributed by atoms with van der Waals surface area (Å²) in [6.07, 6.45) is 0. The maximum absolute atomic E-state index is 2.46. The van der Waals surface area contributed by atoms with Crippen molar-refractivity contribution in [2.45, 2.75) is 12.3 Å². The van der Waals surface area contributed by atoms with Crippen LogP contribution in [0.25, 0.3) is 33.4 Å². The number of benzene rings is 6. The zero-order valence-electron chi connectivity index (χ0n) is 21.8. The number of nitrogens with zero attached hydrogens (tertiary/aromatic N) is 1.